The molecule has 0 spiro atoms. The number of halogens is 1. The van der Waals surface area contributed by atoms with Gasteiger partial charge in [-0.2, -0.15) is 0 Å². The van der Waals surface area contributed by atoms with Gasteiger partial charge in [-0.15, -0.1) is 0 Å². The number of aryl methyl sites for hydroxylation is 1. The molecule has 0 bridgehead atoms. The van der Waals surface area contributed by atoms with Crippen LogP contribution in [0.15, 0.2) is 45.8 Å². The molecule has 2 aromatic carbocycles. The molecule has 22 heavy (non-hydrogen) atoms. The minimum absolute atomic E-state index is 0.0972. The lowest BCUT2D eigenvalue weighted by Crippen LogP contribution is -2.07. The van der Waals surface area contributed by atoms with Crippen molar-refractivity contribution >= 4 is 31.7 Å². The molecule has 0 atom stereocenters. The first-order valence-corrected chi connectivity index (χ1v) is 9.11. The molecule has 0 aromatic heterocycles. The highest BCUT2D eigenvalue weighted by Crippen LogP contribution is 2.33. The van der Waals surface area contributed by atoms with Crippen molar-refractivity contribution in [3.05, 3.63) is 52.0 Å². The lowest BCUT2D eigenvalue weighted by molar-refractivity contribution is 0.0599. The SMILES string of the molecule is COC(=O)c1cc(S(C)(=O)=O)c(-c2ccc(C)cc2)cc1Br. The van der Waals surface area contributed by atoms with Crippen molar-refractivity contribution in [1.29, 1.82) is 0 Å². The van der Waals surface area contributed by atoms with E-state index in [0.717, 1.165) is 17.4 Å². The molecule has 0 heterocycles. The van der Waals surface area contributed by atoms with Crippen LogP contribution >= 0.6 is 15.9 Å². The monoisotopic (exact) mass is 382 g/mol. The summed E-state index contributed by atoms with van der Waals surface area (Å²) in [7, 11) is -2.25. The zero-order valence-electron chi connectivity index (χ0n) is 12.4. The third-order valence-corrected chi connectivity index (χ3v) is 5.03. The van der Waals surface area contributed by atoms with Gasteiger partial charge >= 0.3 is 5.97 Å². The molecule has 0 saturated carbocycles. The van der Waals surface area contributed by atoms with Crippen LogP contribution in [0.1, 0.15) is 15.9 Å². The predicted molar refractivity (Wildman–Crippen MR) is 88.8 cm³/mol. The van der Waals surface area contributed by atoms with E-state index >= 15 is 0 Å². The average Bonchev–Trinajstić information content (AvgIpc) is 2.45. The first kappa shape index (κ1) is 16.7. The van der Waals surface area contributed by atoms with Gasteiger partial charge in [-0.05, 0) is 40.5 Å². The summed E-state index contributed by atoms with van der Waals surface area (Å²) in [5.74, 6) is -0.591. The molecular weight excluding hydrogens is 368 g/mol. The lowest BCUT2D eigenvalue weighted by atomic mass is 10.0. The van der Waals surface area contributed by atoms with Crippen LogP contribution < -0.4 is 0 Å². The fourth-order valence-corrected chi connectivity index (χ4v) is 3.50. The van der Waals surface area contributed by atoms with Gasteiger partial charge in [-0.3, -0.25) is 0 Å². The molecule has 0 fully saturated rings. The van der Waals surface area contributed by atoms with E-state index in [1.54, 1.807) is 6.07 Å². The molecule has 6 heteroatoms. The van der Waals surface area contributed by atoms with Crippen molar-refractivity contribution < 1.29 is 17.9 Å². The van der Waals surface area contributed by atoms with E-state index in [2.05, 4.69) is 20.7 Å². The molecular formula is C16H15BrO4S. The van der Waals surface area contributed by atoms with Crippen molar-refractivity contribution in [2.75, 3.05) is 13.4 Å². The summed E-state index contributed by atoms with van der Waals surface area (Å²) in [6.07, 6.45) is 1.12. The number of hydrogen-bond acceptors (Lipinski definition) is 4. The number of carbonyl (C=O) groups is 1. The molecule has 0 aliphatic carbocycles. The first-order chi connectivity index (χ1) is 10.2. The van der Waals surface area contributed by atoms with Gasteiger partial charge in [0, 0.05) is 16.3 Å². The van der Waals surface area contributed by atoms with E-state index in [0.29, 0.717) is 10.0 Å². The number of rotatable bonds is 3. The van der Waals surface area contributed by atoms with Crippen LogP contribution in [-0.4, -0.2) is 27.8 Å². The normalized spacial score (nSPS) is 11.3. The molecule has 4 nitrogen and oxygen atoms in total. The summed E-state index contributed by atoms with van der Waals surface area (Å²) in [6, 6.07) is 10.5. The molecule has 116 valence electrons. The molecule has 0 saturated heterocycles. The molecule has 2 rings (SSSR count). The average molecular weight is 383 g/mol. The Balaban J connectivity index is 2.76. The van der Waals surface area contributed by atoms with E-state index in [1.807, 2.05) is 31.2 Å². The zero-order chi connectivity index (χ0) is 16.5. The van der Waals surface area contributed by atoms with E-state index in [9.17, 15) is 13.2 Å². The minimum atomic E-state index is -3.50. The Labute approximate surface area is 138 Å². The smallest absolute Gasteiger partial charge is 0.339 e. The summed E-state index contributed by atoms with van der Waals surface area (Å²) in [4.78, 5) is 11.9. The number of ether oxygens (including phenoxy) is 1. The molecule has 0 radical (unpaired) electrons. The Morgan fingerprint density at radius 1 is 1.14 bits per heavy atom. The summed E-state index contributed by atoms with van der Waals surface area (Å²) in [5.41, 5.74) is 2.57. The van der Waals surface area contributed by atoms with Crippen LogP contribution in [0.2, 0.25) is 0 Å². The third kappa shape index (κ3) is 3.39. The third-order valence-electron chi connectivity index (χ3n) is 3.24. The van der Waals surface area contributed by atoms with Crippen LogP contribution in [0.5, 0.6) is 0 Å². The fourth-order valence-electron chi connectivity index (χ4n) is 2.09. The Morgan fingerprint density at radius 2 is 1.73 bits per heavy atom. The molecule has 0 aliphatic rings. The predicted octanol–water partition coefficient (Wildman–Crippen LogP) is 3.61. The van der Waals surface area contributed by atoms with Gasteiger partial charge in [0.1, 0.15) is 0 Å². The summed E-state index contributed by atoms with van der Waals surface area (Å²) in [5, 5.41) is 0. The Bertz CT molecular complexity index is 824. The van der Waals surface area contributed by atoms with Gasteiger partial charge in [0.05, 0.1) is 17.6 Å². The van der Waals surface area contributed by atoms with Gasteiger partial charge in [0.25, 0.3) is 0 Å². The maximum Gasteiger partial charge on any atom is 0.339 e. The molecule has 0 aliphatic heterocycles. The van der Waals surface area contributed by atoms with Crippen LogP contribution in [0.3, 0.4) is 0 Å². The van der Waals surface area contributed by atoms with E-state index in [-0.39, 0.29) is 10.5 Å². The highest BCUT2D eigenvalue weighted by Gasteiger charge is 2.21. The number of esters is 1. The second kappa shape index (κ2) is 6.22. The van der Waals surface area contributed by atoms with Crippen molar-refractivity contribution in [3.8, 4) is 11.1 Å². The van der Waals surface area contributed by atoms with Gasteiger partial charge in [-0.25, -0.2) is 13.2 Å². The molecule has 0 amide bonds. The standard InChI is InChI=1S/C16H15BrO4S/c1-10-4-6-11(7-5-10)12-8-14(17)13(16(18)21-2)9-15(12)22(3,19)20/h4-9H,1-3H3. The first-order valence-electron chi connectivity index (χ1n) is 6.43. The second-order valence-electron chi connectivity index (χ2n) is 4.96. The number of sulfone groups is 1. The fraction of sp³-hybridized carbons (Fsp3) is 0.188. The highest BCUT2D eigenvalue weighted by atomic mass is 79.9. The number of benzene rings is 2. The zero-order valence-corrected chi connectivity index (χ0v) is 14.8. The summed E-state index contributed by atoms with van der Waals surface area (Å²) in [6.45, 7) is 1.96. The number of hydrogen-bond donors (Lipinski definition) is 0. The second-order valence-corrected chi connectivity index (χ2v) is 7.80. The molecule has 0 unspecified atom stereocenters. The van der Waals surface area contributed by atoms with Crippen molar-refractivity contribution in [2.24, 2.45) is 0 Å². The van der Waals surface area contributed by atoms with Crippen molar-refractivity contribution in [3.63, 3.8) is 0 Å². The van der Waals surface area contributed by atoms with Crippen molar-refractivity contribution in [1.82, 2.24) is 0 Å². The van der Waals surface area contributed by atoms with Gasteiger partial charge in [0.2, 0.25) is 0 Å². The number of carbonyl (C=O) groups excluding carboxylic acids is 1. The topological polar surface area (TPSA) is 60.4 Å². The lowest BCUT2D eigenvalue weighted by Gasteiger charge is -2.12. The molecule has 2 aromatic rings. The van der Waals surface area contributed by atoms with E-state index in [1.165, 1.54) is 13.2 Å². The van der Waals surface area contributed by atoms with Gasteiger partial charge in [-0.1, -0.05) is 29.8 Å². The van der Waals surface area contributed by atoms with Crippen LogP contribution in [-0.2, 0) is 14.6 Å². The Morgan fingerprint density at radius 3 is 2.23 bits per heavy atom. The van der Waals surface area contributed by atoms with Gasteiger partial charge < -0.3 is 4.74 Å². The maximum absolute atomic E-state index is 12.1. The van der Waals surface area contributed by atoms with Crippen LogP contribution in [0.4, 0.5) is 0 Å². The molecule has 0 N–H and O–H groups in total. The number of methoxy groups -OCH3 is 1. The Hall–Kier alpha value is -1.66. The largest absolute Gasteiger partial charge is 0.465 e. The quantitative estimate of drug-likeness (QED) is 0.760. The highest BCUT2D eigenvalue weighted by molar-refractivity contribution is 9.10. The Kier molecular flexibility index (Phi) is 4.72. The van der Waals surface area contributed by atoms with E-state index < -0.39 is 15.8 Å². The minimum Gasteiger partial charge on any atom is -0.465 e. The summed E-state index contributed by atoms with van der Waals surface area (Å²) >= 11 is 3.31. The van der Waals surface area contributed by atoms with Crippen LogP contribution in [0.25, 0.3) is 11.1 Å². The maximum atomic E-state index is 12.1. The van der Waals surface area contributed by atoms with Crippen molar-refractivity contribution in [2.45, 2.75) is 11.8 Å². The summed E-state index contributed by atoms with van der Waals surface area (Å²) < 4.78 is 29.4. The van der Waals surface area contributed by atoms with Crippen LogP contribution in [0, 0.1) is 6.92 Å². The van der Waals surface area contributed by atoms with E-state index in [4.69, 9.17) is 0 Å². The van der Waals surface area contributed by atoms with Gasteiger partial charge in [0.15, 0.2) is 9.84 Å².